The van der Waals surface area contributed by atoms with Gasteiger partial charge in [-0.05, 0) is 30.5 Å². The molecule has 0 radical (unpaired) electrons. The van der Waals surface area contributed by atoms with Crippen LogP contribution in [0.15, 0.2) is 59.7 Å². The van der Waals surface area contributed by atoms with Gasteiger partial charge < -0.3 is 10.6 Å². The fourth-order valence-corrected chi connectivity index (χ4v) is 3.23. The summed E-state index contributed by atoms with van der Waals surface area (Å²) >= 11 is 0. The monoisotopic (exact) mass is 392 g/mol. The van der Waals surface area contributed by atoms with Gasteiger partial charge in [-0.2, -0.15) is 5.10 Å². The van der Waals surface area contributed by atoms with Crippen molar-refractivity contribution in [2.75, 3.05) is 5.32 Å². The van der Waals surface area contributed by atoms with Crippen molar-refractivity contribution >= 4 is 29.6 Å². The highest BCUT2D eigenvalue weighted by Gasteiger charge is 2.20. The van der Waals surface area contributed by atoms with Crippen LogP contribution in [0.4, 0.5) is 5.69 Å². The van der Waals surface area contributed by atoms with Crippen molar-refractivity contribution < 1.29 is 14.4 Å². The molecule has 1 aliphatic carbocycles. The van der Waals surface area contributed by atoms with Crippen LogP contribution >= 0.6 is 0 Å². The van der Waals surface area contributed by atoms with Gasteiger partial charge in [0.25, 0.3) is 5.91 Å². The van der Waals surface area contributed by atoms with E-state index in [0.29, 0.717) is 5.56 Å². The van der Waals surface area contributed by atoms with E-state index >= 15 is 0 Å². The van der Waals surface area contributed by atoms with E-state index < -0.39 is 11.8 Å². The fraction of sp³-hybridized carbons (Fsp3) is 0.273. The topological polar surface area (TPSA) is 99.7 Å². The molecule has 0 saturated heterocycles. The lowest BCUT2D eigenvalue weighted by atomic mass is 9.95. The molecule has 0 aromatic heterocycles. The molecule has 7 heteroatoms. The number of hydrogen-bond acceptors (Lipinski definition) is 4. The Kier molecular flexibility index (Phi) is 7.10. The number of anilines is 1. The molecule has 0 aliphatic heterocycles. The summed E-state index contributed by atoms with van der Waals surface area (Å²) in [6, 6.07) is 16.0. The molecule has 2 aromatic carbocycles. The molecule has 3 amide bonds. The maximum absolute atomic E-state index is 12.6. The molecule has 3 N–H and O–H groups in total. The number of carbonyl (C=O) groups is 3. The molecule has 0 atom stereocenters. The predicted molar refractivity (Wildman–Crippen MR) is 112 cm³/mol. The van der Waals surface area contributed by atoms with Gasteiger partial charge in [-0.1, -0.05) is 61.7 Å². The first-order valence-electron chi connectivity index (χ1n) is 9.73. The Labute approximate surface area is 169 Å². The fourth-order valence-electron chi connectivity index (χ4n) is 3.23. The summed E-state index contributed by atoms with van der Waals surface area (Å²) in [4.78, 5) is 36.8. The minimum absolute atomic E-state index is 0.149. The number of hydrogen-bond donors (Lipinski definition) is 3. The third-order valence-corrected chi connectivity index (χ3v) is 4.75. The Bertz CT molecular complexity index is 890. The average molecular weight is 392 g/mol. The van der Waals surface area contributed by atoms with E-state index in [9.17, 15) is 14.4 Å². The Balaban J connectivity index is 1.59. The second-order valence-corrected chi connectivity index (χ2v) is 6.92. The minimum Gasteiger partial charge on any atom is -0.349 e. The van der Waals surface area contributed by atoms with Crippen LogP contribution in [0.3, 0.4) is 0 Å². The smallest absolute Gasteiger partial charge is 0.329 e. The zero-order valence-corrected chi connectivity index (χ0v) is 16.1. The van der Waals surface area contributed by atoms with Gasteiger partial charge >= 0.3 is 11.8 Å². The Morgan fingerprint density at radius 2 is 1.55 bits per heavy atom. The van der Waals surface area contributed by atoms with Crippen LogP contribution in [0.2, 0.25) is 0 Å². The second-order valence-electron chi connectivity index (χ2n) is 6.92. The van der Waals surface area contributed by atoms with Gasteiger partial charge in [0.1, 0.15) is 0 Å². The van der Waals surface area contributed by atoms with E-state index in [1.807, 2.05) is 30.3 Å². The van der Waals surface area contributed by atoms with Crippen LogP contribution in [0, 0.1) is 0 Å². The highest BCUT2D eigenvalue weighted by Crippen LogP contribution is 2.20. The lowest BCUT2D eigenvalue weighted by Gasteiger charge is -2.23. The summed E-state index contributed by atoms with van der Waals surface area (Å²) in [7, 11) is 0. The lowest BCUT2D eigenvalue weighted by Crippen LogP contribution is -2.37. The van der Waals surface area contributed by atoms with E-state index in [-0.39, 0.29) is 17.6 Å². The first-order chi connectivity index (χ1) is 14.1. The van der Waals surface area contributed by atoms with Crippen LogP contribution in [-0.4, -0.2) is 30.0 Å². The zero-order chi connectivity index (χ0) is 20.5. The van der Waals surface area contributed by atoms with Crippen LogP contribution in [0.25, 0.3) is 0 Å². The maximum Gasteiger partial charge on any atom is 0.329 e. The largest absolute Gasteiger partial charge is 0.349 e. The molecule has 7 nitrogen and oxygen atoms in total. The molecular formula is C22H24N4O3. The third kappa shape index (κ3) is 6.00. The van der Waals surface area contributed by atoms with E-state index in [2.05, 4.69) is 21.2 Å². The van der Waals surface area contributed by atoms with Crippen molar-refractivity contribution in [3.8, 4) is 0 Å². The Morgan fingerprint density at radius 1 is 0.862 bits per heavy atom. The van der Waals surface area contributed by atoms with E-state index in [1.165, 1.54) is 12.6 Å². The van der Waals surface area contributed by atoms with Gasteiger partial charge in [-0.15, -0.1) is 0 Å². The summed E-state index contributed by atoms with van der Waals surface area (Å²) < 4.78 is 0. The van der Waals surface area contributed by atoms with Gasteiger partial charge in [0, 0.05) is 6.04 Å². The molecule has 150 valence electrons. The van der Waals surface area contributed by atoms with Crippen LogP contribution in [-0.2, 0) is 9.59 Å². The van der Waals surface area contributed by atoms with E-state index in [4.69, 9.17) is 0 Å². The maximum atomic E-state index is 12.6. The van der Waals surface area contributed by atoms with Crippen LogP contribution < -0.4 is 16.1 Å². The summed E-state index contributed by atoms with van der Waals surface area (Å²) in [5, 5.41) is 9.28. The van der Waals surface area contributed by atoms with Crippen molar-refractivity contribution in [3.63, 3.8) is 0 Å². The molecular weight excluding hydrogens is 368 g/mol. The quantitative estimate of drug-likeness (QED) is 0.414. The van der Waals surface area contributed by atoms with Gasteiger partial charge in [0.15, 0.2) is 0 Å². The van der Waals surface area contributed by atoms with E-state index in [0.717, 1.165) is 31.2 Å². The second kappa shape index (κ2) is 10.2. The number of nitrogens with one attached hydrogen (secondary N) is 3. The normalized spacial score (nSPS) is 14.3. The van der Waals surface area contributed by atoms with Crippen molar-refractivity contribution in [1.82, 2.24) is 10.7 Å². The molecule has 0 heterocycles. The lowest BCUT2D eigenvalue weighted by molar-refractivity contribution is -0.136. The van der Waals surface area contributed by atoms with Gasteiger partial charge in [-0.25, -0.2) is 5.43 Å². The summed E-state index contributed by atoms with van der Waals surface area (Å²) in [6.07, 6.45) is 6.77. The van der Waals surface area contributed by atoms with Gasteiger partial charge in [-0.3, -0.25) is 14.4 Å². The number of nitrogens with zero attached hydrogens (tertiary/aromatic N) is 1. The zero-order valence-electron chi connectivity index (χ0n) is 16.1. The van der Waals surface area contributed by atoms with Gasteiger partial charge in [0.2, 0.25) is 0 Å². The molecule has 1 saturated carbocycles. The predicted octanol–water partition coefficient (Wildman–Crippen LogP) is 2.84. The molecule has 2 aromatic rings. The molecule has 29 heavy (non-hydrogen) atoms. The highest BCUT2D eigenvalue weighted by molar-refractivity contribution is 6.40. The van der Waals surface area contributed by atoms with Crippen LogP contribution in [0.1, 0.15) is 48.0 Å². The van der Waals surface area contributed by atoms with Crippen molar-refractivity contribution in [3.05, 3.63) is 65.7 Å². The first kappa shape index (κ1) is 20.3. The van der Waals surface area contributed by atoms with E-state index in [1.54, 1.807) is 24.3 Å². The standard InChI is InChI=1S/C22H24N4O3/c27-20(24-17-11-5-2-6-12-17)18-13-7-8-14-19(18)25-21(28)22(29)26-23-15-16-9-3-1-4-10-16/h1,3-4,7-10,13-15,17H,2,5-6,11-12H2,(H,24,27)(H,25,28)(H,26,29)/b23-15-. The molecule has 1 fully saturated rings. The Morgan fingerprint density at radius 3 is 2.31 bits per heavy atom. The molecule has 0 spiro atoms. The SMILES string of the molecule is O=C(N/N=C\c1ccccc1)C(=O)Nc1ccccc1C(=O)NC1CCCCC1. The van der Waals surface area contributed by atoms with Crippen molar-refractivity contribution in [1.29, 1.82) is 0 Å². The number of amides is 3. The molecule has 3 rings (SSSR count). The first-order valence-corrected chi connectivity index (χ1v) is 9.73. The number of para-hydroxylation sites is 1. The third-order valence-electron chi connectivity index (χ3n) is 4.75. The molecule has 1 aliphatic rings. The van der Waals surface area contributed by atoms with Crippen molar-refractivity contribution in [2.45, 2.75) is 38.1 Å². The summed E-state index contributed by atoms with van der Waals surface area (Å²) in [5.74, 6) is -2.07. The summed E-state index contributed by atoms with van der Waals surface area (Å²) in [5.41, 5.74) is 3.58. The van der Waals surface area contributed by atoms with Gasteiger partial charge in [0.05, 0.1) is 17.5 Å². The average Bonchev–Trinajstić information content (AvgIpc) is 2.75. The molecule has 0 bridgehead atoms. The van der Waals surface area contributed by atoms with Crippen LogP contribution in [0.5, 0.6) is 0 Å². The molecule has 0 unspecified atom stereocenters. The highest BCUT2D eigenvalue weighted by atomic mass is 16.2. The minimum atomic E-state index is -0.917. The van der Waals surface area contributed by atoms with Crippen molar-refractivity contribution in [2.24, 2.45) is 5.10 Å². The number of hydrazone groups is 1. The number of carbonyl (C=O) groups excluding carboxylic acids is 3. The summed E-state index contributed by atoms with van der Waals surface area (Å²) in [6.45, 7) is 0. The number of benzene rings is 2. The number of rotatable bonds is 5. The Hall–Kier alpha value is -3.48.